The molecule has 2 N–H and O–H groups in total. The zero-order valence-corrected chi connectivity index (χ0v) is 12.1. The highest BCUT2D eigenvalue weighted by Gasteiger charge is 2.13. The fourth-order valence-corrected chi connectivity index (χ4v) is 2.23. The Morgan fingerprint density at radius 2 is 2.15 bits per heavy atom. The Balaban J connectivity index is 2.26. The third-order valence-corrected chi connectivity index (χ3v) is 3.11. The van der Waals surface area contributed by atoms with E-state index in [1.807, 2.05) is 36.1 Å². The van der Waals surface area contributed by atoms with Gasteiger partial charge >= 0.3 is 0 Å². The zero-order chi connectivity index (χ0) is 14.5. The first-order valence-electron chi connectivity index (χ1n) is 6.50. The average molecular weight is 294 g/mol. The van der Waals surface area contributed by atoms with E-state index in [0.717, 1.165) is 12.0 Å². The largest absolute Gasteiger partial charge is 0.399 e. The lowest BCUT2D eigenvalue weighted by molar-refractivity contribution is 0.605. The number of rotatable bonds is 5. The summed E-state index contributed by atoms with van der Waals surface area (Å²) in [6.45, 7) is 3.31. The quantitative estimate of drug-likeness (QED) is 0.851. The molecule has 1 aromatic heterocycles. The van der Waals surface area contributed by atoms with Gasteiger partial charge in [0.05, 0.1) is 5.02 Å². The molecular weight excluding hydrogens is 277 g/mol. The van der Waals surface area contributed by atoms with Gasteiger partial charge < -0.3 is 10.6 Å². The van der Waals surface area contributed by atoms with Crippen LogP contribution in [-0.2, 0) is 6.54 Å². The predicted octanol–water partition coefficient (Wildman–Crippen LogP) is 3.87. The van der Waals surface area contributed by atoms with E-state index >= 15 is 0 Å². The Labute approximate surface area is 123 Å². The van der Waals surface area contributed by atoms with Gasteiger partial charge in [-0.15, -0.1) is 0 Å². The molecule has 0 spiro atoms. The van der Waals surface area contributed by atoms with Gasteiger partial charge in [-0.2, -0.15) is 0 Å². The van der Waals surface area contributed by atoms with Gasteiger partial charge in [0.25, 0.3) is 0 Å². The van der Waals surface area contributed by atoms with Gasteiger partial charge in [0.15, 0.2) is 11.6 Å². The molecule has 0 aliphatic heterocycles. The van der Waals surface area contributed by atoms with E-state index < -0.39 is 5.82 Å². The third kappa shape index (κ3) is 3.61. The number of pyridine rings is 1. The van der Waals surface area contributed by atoms with E-state index in [1.54, 1.807) is 0 Å². The molecule has 0 unspecified atom stereocenters. The number of benzene rings is 1. The van der Waals surface area contributed by atoms with E-state index in [9.17, 15) is 4.39 Å². The van der Waals surface area contributed by atoms with Crippen molar-refractivity contribution in [3.8, 4) is 0 Å². The average Bonchev–Trinajstić information content (AvgIpc) is 2.38. The molecule has 0 saturated carbocycles. The smallest absolute Gasteiger partial charge is 0.167 e. The SMILES string of the molecule is CCCN(Cc1cccc(N)c1)c1ncc(Cl)cc1F. The van der Waals surface area contributed by atoms with E-state index in [2.05, 4.69) is 4.98 Å². The minimum Gasteiger partial charge on any atom is -0.399 e. The summed E-state index contributed by atoms with van der Waals surface area (Å²) in [5.41, 5.74) is 7.49. The molecule has 0 saturated heterocycles. The number of halogens is 2. The highest BCUT2D eigenvalue weighted by Crippen LogP contribution is 2.22. The van der Waals surface area contributed by atoms with Crippen LogP contribution in [0.5, 0.6) is 0 Å². The molecule has 5 heteroatoms. The van der Waals surface area contributed by atoms with Gasteiger partial charge in [-0.1, -0.05) is 30.7 Å². The van der Waals surface area contributed by atoms with Crippen LogP contribution in [0.3, 0.4) is 0 Å². The third-order valence-electron chi connectivity index (χ3n) is 2.91. The highest BCUT2D eigenvalue weighted by atomic mass is 35.5. The summed E-state index contributed by atoms with van der Waals surface area (Å²) in [7, 11) is 0. The summed E-state index contributed by atoms with van der Waals surface area (Å²) < 4.78 is 14.0. The topological polar surface area (TPSA) is 42.1 Å². The summed E-state index contributed by atoms with van der Waals surface area (Å²) in [5, 5.41) is 0.298. The number of anilines is 2. The number of nitrogen functional groups attached to an aromatic ring is 1. The number of nitrogens with two attached hydrogens (primary N) is 1. The summed E-state index contributed by atoms with van der Waals surface area (Å²) in [6, 6.07) is 8.85. The Morgan fingerprint density at radius 3 is 2.80 bits per heavy atom. The molecule has 20 heavy (non-hydrogen) atoms. The second-order valence-corrected chi connectivity index (χ2v) is 5.06. The monoisotopic (exact) mass is 293 g/mol. The molecule has 0 radical (unpaired) electrons. The van der Waals surface area contributed by atoms with Crippen molar-refractivity contribution < 1.29 is 4.39 Å². The molecule has 0 aliphatic carbocycles. The summed E-state index contributed by atoms with van der Waals surface area (Å²) in [4.78, 5) is 5.99. The minimum absolute atomic E-state index is 0.298. The van der Waals surface area contributed by atoms with E-state index in [-0.39, 0.29) is 0 Å². The normalized spacial score (nSPS) is 10.6. The lowest BCUT2D eigenvalue weighted by Gasteiger charge is -2.23. The van der Waals surface area contributed by atoms with Gasteiger partial charge in [0.2, 0.25) is 0 Å². The molecule has 0 amide bonds. The Morgan fingerprint density at radius 1 is 1.35 bits per heavy atom. The van der Waals surface area contributed by atoms with Crippen molar-refractivity contribution >= 4 is 23.1 Å². The lowest BCUT2D eigenvalue weighted by Crippen LogP contribution is -2.25. The van der Waals surface area contributed by atoms with Crippen molar-refractivity contribution in [1.82, 2.24) is 4.98 Å². The molecule has 0 bridgehead atoms. The first kappa shape index (κ1) is 14.6. The molecule has 0 atom stereocenters. The highest BCUT2D eigenvalue weighted by molar-refractivity contribution is 6.30. The van der Waals surface area contributed by atoms with Crippen molar-refractivity contribution in [3.63, 3.8) is 0 Å². The van der Waals surface area contributed by atoms with Gasteiger partial charge in [0, 0.05) is 25.0 Å². The van der Waals surface area contributed by atoms with Crippen LogP contribution in [-0.4, -0.2) is 11.5 Å². The number of hydrogen-bond donors (Lipinski definition) is 1. The molecule has 0 fully saturated rings. The fraction of sp³-hybridized carbons (Fsp3) is 0.267. The summed E-state index contributed by atoms with van der Waals surface area (Å²) >= 11 is 5.74. The van der Waals surface area contributed by atoms with E-state index in [4.69, 9.17) is 17.3 Å². The second-order valence-electron chi connectivity index (χ2n) is 4.63. The van der Waals surface area contributed by atoms with Crippen molar-refractivity contribution in [2.24, 2.45) is 0 Å². The molecule has 0 aliphatic rings. The first-order chi connectivity index (χ1) is 9.60. The number of hydrogen-bond acceptors (Lipinski definition) is 3. The molecule has 1 aromatic carbocycles. The van der Waals surface area contributed by atoms with Crippen molar-refractivity contribution in [2.45, 2.75) is 19.9 Å². The van der Waals surface area contributed by atoms with Crippen LogP contribution in [0.1, 0.15) is 18.9 Å². The zero-order valence-electron chi connectivity index (χ0n) is 11.3. The maximum atomic E-state index is 14.0. The first-order valence-corrected chi connectivity index (χ1v) is 6.88. The molecule has 1 heterocycles. The van der Waals surface area contributed by atoms with Crippen LogP contribution >= 0.6 is 11.6 Å². The Kier molecular flexibility index (Phi) is 4.79. The minimum atomic E-state index is -0.408. The van der Waals surface area contributed by atoms with Gasteiger partial charge in [-0.3, -0.25) is 0 Å². The van der Waals surface area contributed by atoms with Gasteiger partial charge in [0.1, 0.15) is 0 Å². The van der Waals surface area contributed by atoms with Gasteiger partial charge in [-0.25, -0.2) is 9.37 Å². The van der Waals surface area contributed by atoms with Crippen molar-refractivity contribution in [1.29, 1.82) is 0 Å². The predicted molar refractivity (Wildman–Crippen MR) is 81.4 cm³/mol. The fourth-order valence-electron chi connectivity index (χ4n) is 2.08. The van der Waals surface area contributed by atoms with E-state index in [1.165, 1.54) is 12.3 Å². The van der Waals surface area contributed by atoms with Crippen LogP contribution in [0.25, 0.3) is 0 Å². The lowest BCUT2D eigenvalue weighted by atomic mass is 10.2. The Bertz CT molecular complexity index is 589. The van der Waals surface area contributed by atoms with E-state index in [0.29, 0.717) is 29.6 Å². The number of nitrogens with zero attached hydrogens (tertiary/aromatic N) is 2. The molecule has 2 rings (SSSR count). The molecule has 2 aromatic rings. The maximum Gasteiger partial charge on any atom is 0.167 e. The number of aromatic nitrogens is 1. The van der Waals surface area contributed by atoms with Crippen LogP contribution in [0.2, 0.25) is 5.02 Å². The second kappa shape index (κ2) is 6.57. The van der Waals surface area contributed by atoms with Gasteiger partial charge in [-0.05, 0) is 30.2 Å². The van der Waals surface area contributed by atoms with Crippen molar-refractivity contribution in [3.05, 3.63) is 52.9 Å². The molecule has 3 nitrogen and oxygen atoms in total. The van der Waals surface area contributed by atoms with Crippen LogP contribution in [0.15, 0.2) is 36.5 Å². The van der Waals surface area contributed by atoms with Crippen LogP contribution < -0.4 is 10.6 Å². The Hall–Kier alpha value is -1.81. The van der Waals surface area contributed by atoms with Crippen molar-refractivity contribution in [2.75, 3.05) is 17.2 Å². The van der Waals surface area contributed by atoms with Crippen LogP contribution in [0.4, 0.5) is 15.9 Å². The summed E-state index contributed by atoms with van der Waals surface area (Å²) in [5.74, 6) is -0.0893. The standard InChI is InChI=1S/C15H17ClFN3/c1-2-6-20(10-11-4-3-5-13(18)7-11)15-14(17)8-12(16)9-19-15/h3-5,7-9H,2,6,10,18H2,1H3. The van der Waals surface area contributed by atoms with Crippen LogP contribution in [0, 0.1) is 5.82 Å². The molecular formula is C15H17ClFN3. The summed E-state index contributed by atoms with van der Waals surface area (Å²) in [6.07, 6.45) is 2.36. The maximum absolute atomic E-state index is 14.0. The molecule has 106 valence electrons.